The van der Waals surface area contributed by atoms with E-state index in [0.29, 0.717) is 24.8 Å². The number of rotatable bonds is 5. The summed E-state index contributed by atoms with van der Waals surface area (Å²) < 4.78 is 0. The molecule has 0 aliphatic carbocycles. The van der Waals surface area contributed by atoms with Crippen LogP contribution in [0.2, 0.25) is 0 Å². The van der Waals surface area contributed by atoms with E-state index in [2.05, 4.69) is 17.3 Å². The SMILES string of the molecule is CN1CCCC1CCNC(=O)[C@@]1(O)CCN(c2ccccc2)C1=O. The van der Waals surface area contributed by atoms with Crippen LogP contribution in [-0.4, -0.2) is 60.1 Å². The number of para-hydroxylation sites is 1. The molecule has 2 aliphatic rings. The summed E-state index contributed by atoms with van der Waals surface area (Å²) in [6, 6.07) is 9.61. The van der Waals surface area contributed by atoms with Crippen LogP contribution in [0.25, 0.3) is 0 Å². The molecule has 2 atom stereocenters. The second-order valence-electron chi connectivity index (χ2n) is 6.72. The molecule has 3 rings (SSSR count). The molecule has 6 heteroatoms. The summed E-state index contributed by atoms with van der Waals surface area (Å²) in [4.78, 5) is 28.7. The number of hydrogen-bond acceptors (Lipinski definition) is 4. The van der Waals surface area contributed by atoms with Crippen LogP contribution in [0, 0.1) is 0 Å². The Morgan fingerprint density at radius 1 is 1.33 bits per heavy atom. The second-order valence-corrected chi connectivity index (χ2v) is 6.72. The highest BCUT2D eigenvalue weighted by molar-refractivity contribution is 6.16. The summed E-state index contributed by atoms with van der Waals surface area (Å²) in [7, 11) is 2.09. The molecule has 2 aliphatic heterocycles. The smallest absolute Gasteiger partial charge is 0.268 e. The van der Waals surface area contributed by atoms with Crippen LogP contribution in [0.15, 0.2) is 30.3 Å². The fourth-order valence-electron chi connectivity index (χ4n) is 3.61. The van der Waals surface area contributed by atoms with E-state index < -0.39 is 17.4 Å². The van der Waals surface area contributed by atoms with Crippen molar-refractivity contribution in [1.82, 2.24) is 10.2 Å². The minimum absolute atomic E-state index is 0.121. The minimum Gasteiger partial charge on any atom is -0.372 e. The molecule has 130 valence electrons. The summed E-state index contributed by atoms with van der Waals surface area (Å²) in [5.74, 6) is -1.12. The van der Waals surface area contributed by atoms with Crippen molar-refractivity contribution >= 4 is 17.5 Å². The monoisotopic (exact) mass is 331 g/mol. The molecule has 2 fully saturated rings. The average molecular weight is 331 g/mol. The first-order valence-corrected chi connectivity index (χ1v) is 8.60. The van der Waals surface area contributed by atoms with Gasteiger partial charge in [-0.3, -0.25) is 9.59 Å². The fourth-order valence-corrected chi connectivity index (χ4v) is 3.61. The maximum Gasteiger partial charge on any atom is 0.268 e. The van der Waals surface area contributed by atoms with Crippen LogP contribution in [0.1, 0.15) is 25.7 Å². The van der Waals surface area contributed by atoms with Gasteiger partial charge < -0.3 is 20.2 Å². The lowest BCUT2D eigenvalue weighted by Crippen LogP contribution is -2.53. The molecule has 0 bridgehead atoms. The van der Waals surface area contributed by atoms with Gasteiger partial charge in [-0.05, 0) is 45.0 Å². The van der Waals surface area contributed by atoms with E-state index in [9.17, 15) is 14.7 Å². The first kappa shape index (κ1) is 16.9. The number of amides is 2. The summed E-state index contributed by atoms with van der Waals surface area (Å²) in [5.41, 5.74) is -1.24. The molecule has 1 aromatic rings. The van der Waals surface area contributed by atoms with Crippen molar-refractivity contribution in [2.24, 2.45) is 0 Å². The Kier molecular flexibility index (Phi) is 4.87. The molecular formula is C18H25N3O3. The van der Waals surface area contributed by atoms with E-state index in [4.69, 9.17) is 0 Å². The predicted octanol–water partition coefficient (Wildman–Crippen LogP) is 0.755. The summed E-state index contributed by atoms with van der Waals surface area (Å²) >= 11 is 0. The molecule has 0 aromatic heterocycles. The van der Waals surface area contributed by atoms with Gasteiger partial charge in [0.05, 0.1) is 0 Å². The van der Waals surface area contributed by atoms with E-state index in [1.54, 1.807) is 12.1 Å². The van der Waals surface area contributed by atoms with Gasteiger partial charge in [-0.25, -0.2) is 0 Å². The van der Waals surface area contributed by atoms with E-state index in [1.807, 2.05) is 18.2 Å². The van der Waals surface area contributed by atoms with Crippen molar-refractivity contribution in [3.63, 3.8) is 0 Å². The summed E-state index contributed by atoms with van der Waals surface area (Å²) in [5, 5.41) is 13.3. The molecule has 0 spiro atoms. The molecule has 2 saturated heterocycles. The van der Waals surface area contributed by atoms with E-state index in [-0.39, 0.29) is 6.42 Å². The third kappa shape index (κ3) is 3.16. The normalized spacial score (nSPS) is 27.7. The molecule has 24 heavy (non-hydrogen) atoms. The zero-order chi connectivity index (χ0) is 17.2. The van der Waals surface area contributed by atoms with Gasteiger partial charge in [0.2, 0.25) is 5.60 Å². The molecule has 2 heterocycles. The highest BCUT2D eigenvalue weighted by Crippen LogP contribution is 2.28. The van der Waals surface area contributed by atoms with Gasteiger partial charge in [0.1, 0.15) is 0 Å². The van der Waals surface area contributed by atoms with E-state index in [0.717, 1.165) is 19.4 Å². The van der Waals surface area contributed by atoms with Gasteiger partial charge >= 0.3 is 0 Å². The number of nitrogens with zero attached hydrogens (tertiary/aromatic N) is 2. The van der Waals surface area contributed by atoms with Crippen LogP contribution in [0.3, 0.4) is 0 Å². The third-order valence-electron chi connectivity index (χ3n) is 5.17. The quantitative estimate of drug-likeness (QED) is 0.781. The zero-order valence-electron chi connectivity index (χ0n) is 14.1. The third-order valence-corrected chi connectivity index (χ3v) is 5.17. The van der Waals surface area contributed by atoms with Crippen molar-refractivity contribution in [2.45, 2.75) is 37.3 Å². The van der Waals surface area contributed by atoms with Gasteiger partial charge in [0.25, 0.3) is 11.8 Å². The zero-order valence-corrected chi connectivity index (χ0v) is 14.1. The molecular weight excluding hydrogens is 306 g/mol. The summed E-state index contributed by atoms with van der Waals surface area (Å²) in [6.07, 6.45) is 3.28. The number of carbonyl (C=O) groups is 2. The van der Waals surface area contributed by atoms with Crippen molar-refractivity contribution in [1.29, 1.82) is 0 Å². The molecule has 1 unspecified atom stereocenters. The van der Waals surface area contributed by atoms with Crippen molar-refractivity contribution in [3.8, 4) is 0 Å². The van der Waals surface area contributed by atoms with Crippen LogP contribution in [-0.2, 0) is 9.59 Å². The highest BCUT2D eigenvalue weighted by atomic mass is 16.3. The van der Waals surface area contributed by atoms with Crippen LogP contribution in [0.5, 0.6) is 0 Å². The van der Waals surface area contributed by atoms with E-state index in [1.165, 1.54) is 11.3 Å². The number of carbonyl (C=O) groups excluding carboxylic acids is 2. The molecule has 2 amide bonds. The van der Waals surface area contributed by atoms with Gasteiger partial charge in [-0.2, -0.15) is 0 Å². The largest absolute Gasteiger partial charge is 0.372 e. The topological polar surface area (TPSA) is 72.9 Å². The van der Waals surface area contributed by atoms with Gasteiger partial charge in [-0.1, -0.05) is 18.2 Å². The van der Waals surface area contributed by atoms with Crippen molar-refractivity contribution < 1.29 is 14.7 Å². The fraction of sp³-hybridized carbons (Fsp3) is 0.556. The molecule has 0 radical (unpaired) electrons. The number of benzene rings is 1. The second kappa shape index (κ2) is 6.91. The van der Waals surface area contributed by atoms with Crippen molar-refractivity contribution in [2.75, 3.05) is 31.6 Å². The Morgan fingerprint density at radius 2 is 2.08 bits per heavy atom. The van der Waals surface area contributed by atoms with Gasteiger partial charge in [0.15, 0.2) is 0 Å². The molecule has 1 aromatic carbocycles. The number of nitrogens with one attached hydrogen (secondary N) is 1. The summed E-state index contributed by atoms with van der Waals surface area (Å²) in [6.45, 7) is 1.92. The van der Waals surface area contributed by atoms with Gasteiger partial charge in [0, 0.05) is 31.2 Å². The Morgan fingerprint density at radius 3 is 2.75 bits per heavy atom. The Bertz CT molecular complexity index is 607. The Labute approximate surface area is 142 Å². The maximum absolute atomic E-state index is 12.5. The first-order chi connectivity index (χ1) is 11.5. The first-order valence-electron chi connectivity index (χ1n) is 8.60. The Balaban J connectivity index is 1.57. The lowest BCUT2D eigenvalue weighted by Gasteiger charge is -2.23. The van der Waals surface area contributed by atoms with Crippen LogP contribution < -0.4 is 10.2 Å². The lowest BCUT2D eigenvalue weighted by atomic mass is 10.0. The lowest BCUT2D eigenvalue weighted by molar-refractivity contribution is -0.149. The number of hydrogen-bond donors (Lipinski definition) is 2. The predicted molar refractivity (Wildman–Crippen MR) is 91.6 cm³/mol. The number of aliphatic hydroxyl groups is 1. The molecule has 0 saturated carbocycles. The minimum atomic E-state index is -1.95. The van der Waals surface area contributed by atoms with E-state index >= 15 is 0 Å². The van der Waals surface area contributed by atoms with Crippen LogP contribution >= 0.6 is 0 Å². The average Bonchev–Trinajstić information content (AvgIpc) is 3.13. The number of likely N-dealkylation sites (tertiary alicyclic amines) is 1. The molecule has 2 N–H and O–H groups in total. The van der Waals surface area contributed by atoms with Crippen molar-refractivity contribution in [3.05, 3.63) is 30.3 Å². The highest BCUT2D eigenvalue weighted by Gasteiger charge is 2.51. The number of anilines is 1. The Hall–Kier alpha value is -1.92. The van der Waals surface area contributed by atoms with Crippen LogP contribution in [0.4, 0.5) is 5.69 Å². The van der Waals surface area contributed by atoms with Gasteiger partial charge in [-0.15, -0.1) is 0 Å². The molecule has 6 nitrogen and oxygen atoms in total. The maximum atomic E-state index is 12.5. The standard InChI is InChI=1S/C18H25N3O3/c1-20-12-5-8-14(20)9-11-19-16(22)18(24)10-13-21(17(18)23)15-6-3-2-4-7-15/h2-4,6-7,14,24H,5,8-13H2,1H3,(H,19,22)/t14?,18-/m0/s1.